The molecule has 3 aromatic carbocycles. The Kier molecular flexibility index (Phi) is 6.30. The van der Waals surface area contributed by atoms with Gasteiger partial charge in [-0.1, -0.05) is 73.4 Å². The third-order valence-electron chi connectivity index (χ3n) is 6.22. The van der Waals surface area contributed by atoms with E-state index in [0.717, 1.165) is 16.9 Å². The lowest BCUT2D eigenvalue weighted by Crippen LogP contribution is -2.35. The molecule has 7 heteroatoms. The zero-order chi connectivity index (χ0) is 24.7. The van der Waals surface area contributed by atoms with Gasteiger partial charge in [0.2, 0.25) is 0 Å². The molecule has 0 bridgehead atoms. The second-order valence-electron chi connectivity index (χ2n) is 8.87. The normalized spacial score (nSPS) is 15.1. The monoisotopic (exact) mass is 507 g/mol. The molecule has 1 amide bonds. The van der Waals surface area contributed by atoms with E-state index in [4.69, 9.17) is 32.4 Å². The van der Waals surface area contributed by atoms with Gasteiger partial charge in [0.05, 0.1) is 12.6 Å². The molecule has 1 aliphatic rings. The van der Waals surface area contributed by atoms with Gasteiger partial charge in [-0.05, 0) is 41.3 Å². The van der Waals surface area contributed by atoms with Crippen LogP contribution in [-0.2, 0) is 0 Å². The van der Waals surface area contributed by atoms with Crippen LogP contribution < -0.4 is 15.7 Å². The highest BCUT2D eigenvalue weighted by Crippen LogP contribution is 2.36. The molecule has 4 aromatic rings. The number of carbonyl (C=O) groups excluding carboxylic acids is 1. The molecule has 1 N–H and O–H groups in total. The number of para-hydroxylation sites is 2. The minimum absolute atomic E-state index is 0.0257. The van der Waals surface area contributed by atoms with E-state index in [0.29, 0.717) is 45.2 Å². The summed E-state index contributed by atoms with van der Waals surface area (Å²) in [6.45, 7) is 4.40. The van der Waals surface area contributed by atoms with Crippen molar-refractivity contribution < 1.29 is 13.9 Å². The summed E-state index contributed by atoms with van der Waals surface area (Å²) < 4.78 is 11.5. The Morgan fingerprint density at radius 3 is 2.51 bits per heavy atom. The molecule has 0 aliphatic carbocycles. The summed E-state index contributed by atoms with van der Waals surface area (Å²) in [6, 6.07) is 18.1. The van der Waals surface area contributed by atoms with Gasteiger partial charge in [0.25, 0.3) is 5.91 Å². The maximum Gasteiger partial charge on any atom is 0.349 e. The van der Waals surface area contributed by atoms with Crippen LogP contribution in [0, 0.1) is 0 Å². The minimum Gasteiger partial charge on any atom is -0.493 e. The Morgan fingerprint density at radius 2 is 1.77 bits per heavy atom. The molecular weight excluding hydrogens is 485 g/mol. The van der Waals surface area contributed by atoms with Crippen LogP contribution >= 0.6 is 23.2 Å². The molecule has 1 atom stereocenters. The van der Waals surface area contributed by atoms with Gasteiger partial charge in [-0.2, -0.15) is 0 Å². The van der Waals surface area contributed by atoms with Crippen LogP contribution in [0.5, 0.6) is 5.75 Å². The number of amides is 1. The highest BCUT2D eigenvalue weighted by Gasteiger charge is 2.28. The van der Waals surface area contributed by atoms with Gasteiger partial charge < -0.3 is 14.5 Å². The Balaban J connectivity index is 1.63. The first-order valence-corrected chi connectivity index (χ1v) is 12.2. The second kappa shape index (κ2) is 9.40. The molecular formula is C28H23Cl2NO4. The summed E-state index contributed by atoms with van der Waals surface area (Å²) in [6.07, 6.45) is 0.609. The zero-order valence-electron chi connectivity index (χ0n) is 19.2. The molecule has 0 fully saturated rings. The Labute approximate surface area is 212 Å². The fourth-order valence-electron chi connectivity index (χ4n) is 4.72. The SMILES string of the molecule is CC(C)c1c(C(=O)N[C@H]2CCOc3ccccc32)c(=O)oc2c(-c3cc(Cl)cc(Cl)c3)cccc12. The number of halogens is 2. The number of hydrogen-bond donors (Lipinski definition) is 1. The topological polar surface area (TPSA) is 68.5 Å². The van der Waals surface area contributed by atoms with Crippen molar-refractivity contribution in [2.24, 2.45) is 0 Å². The molecule has 178 valence electrons. The molecule has 35 heavy (non-hydrogen) atoms. The van der Waals surface area contributed by atoms with E-state index in [-0.39, 0.29) is 17.5 Å². The smallest absolute Gasteiger partial charge is 0.349 e. The Morgan fingerprint density at radius 1 is 1.03 bits per heavy atom. The van der Waals surface area contributed by atoms with Crippen LogP contribution in [0.4, 0.5) is 0 Å². The number of hydrogen-bond acceptors (Lipinski definition) is 4. The van der Waals surface area contributed by atoms with Gasteiger partial charge in [0, 0.05) is 33.0 Å². The molecule has 0 saturated carbocycles. The third-order valence-corrected chi connectivity index (χ3v) is 6.65. The van der Waals surface area contributed by atoms with Crippen molar-refractivity contribution in [3.05, 3.63) is 97.8 Å². The summed E-state index contributed by atoms with van der Waals surface area (Å²) >= 11 is 12.4. The van der Waals surface area contributed by atoms with E-state index in [2.05, 4.69) is 5.32 Å². The maximum absolute atomic E-state index is 13.5. The van der Waals surface area contributed by atoms with Crippen LogP contribution in [0.25, 0.3) is 22.1 Å². The van der Waals surface area contributed by atoms with Gasteiger partial charge in [-0.15, -0.1) is 0 Å². The first kappa shape index (κ1) is 23.5. The van der Waals surface area contributed by atoms with Crippen LogP contribution in [0.2, 0.25) is 10.0 Å². The lowest BCUT2D eigenvalue weighted by atomic mass is 9.91. The first-order chi connectivity index (χ1) is 16.8. The number of rotatable bonds is 4. The molecule has 0 saturated heterocycles. The van der Waals surface area contributed by atoms with Crippen molar-refractivity contribution in [2.75, 3.05) is 6.61 Å². The standard InChI is InChI=1S/C28H23Cl2NO4/c1-15(2)24-21-8-5-7-19(16-12-17(29)14-18(30)13-16)26(21)35-28(33)25(24)27(32)31-22-10-11-34-23-9-4-3-6-20(22)23/h3-9,12-15,22H,10-11H2,1-2H3,(H,31,32)/t22-/m0/s1. The summed E-state index contributed by atoms with van der Waals surface area (Å²) in [5, 5.41) is 4.69. The number of carbonyl (C=O) groups is 1. The van der Waals surface area contributed by atoms with Crippen LogP contribution in [0.15, 0.2) is 69.9 Å². The van der Waals surface area contributed by atoms with Crippen LogP contribution in [-0.4, -0.2) is 12.5 Å². The molecule has 1 aliphatic heterocycles. The van der Waals surface area contributed by atoms with E-state index < -0.39 is 11.5 Å². The predicted molar refractivity (Wildman–Crippen MR) is 139 cm³/mol. The molecule has 1 aromatic heterocycles. The molecule has 0 radical (unpaired) electrons. The fourth-order valence-corrected chi connectivity index (χ4v) is 5.25. The Hall–Kier alpha value is -3.28. The van der Waals surface area contributed by atoms with Crippen molar-refractivity contribution in [1.82, 2.24) is 5.32 Å². The van der Waals surface area contributed by atoms with Gasteiger partial charge in [0.15, 0.2) is 0 Å². The average Bonchev–Trinajstić information content (AvgIpc) is 2.82. The van der Waals surface area contributed by atoms with Gasteiger partial charge in [-0.3, -0.25) is 4.79 Å². The minimum atomic E-state index is -0.681. The van der Waals surface area contributed by atoms with Gasteiger partial charge in [-0.25, -0.2) is 4.79 Å². The van der Waals surface area contributed by atoms with E-state index >= 15 is 0 Å². The van der Waals surface area contributed by atoms with Gasteiger partial charge in [0.1, 0.15) is 16.9 Å². The summed E-state index contributed by atoms with van der Waals surface area (Å²) in [5.41, 5.74) is 2.68. The molecule has 0 spiro atoms. The summed E-state index contributed by atoms with van der Waals surface area (Å²) in [7, 11) is 0. The van der Waals surface area contributed by atoms with Crippen LogP contribution in [0.1, 0.15) is 53.7 Å². The molecule has 5 rings (SSSR count). The van der Waals surface area contributed by atoms with E-state index in [1.807, 2.05) is 56.3 Å². The molecule has 5 nitrogen and oxygen atoms in total. The maximum atomic E-state index is 13.5. The predicted octanol–water partition coefficient (Wildman–Crippen LogP) is 7.14. The van der Waals surface area contributed by atoms with Crippen molar-refractivity contribution in [3.63, 3.8) is 0 Å². The van der Waals surface area contributed by atoms with Gasteiger partial charge >= 0.3 is 5.63 Å². The van der Waals surface area contributed by atoms with Crippen molar-refractivity contribution in [1.29, 1.82) is 0 Å². The van der Waals surface area contributed by atoms with Crippen molar-refractivity contribution >= 4 is 40.1 Å². The highest BCUT2D eigenvalue weighted by molar-refractivity contribution is 6.35. The second-order valence-corrected chi connectivity index (χ2v) is 9.75. The fraction of sp³-hybridized carbons (Fsp3) is 0.214. The largest absolute Gasteiger partial charge is 0.493 e. The highest BCUT2D eigenvalue weighted by atomic mass is 35.5. The quantitative estimate of drug-likeness (QED) is 0.298. The number of ether oxygens (including phenoxy) is 1. The van der Waals surface area contributed by atoms with E-state index in [9.17, 15) is 9.59 Å². The lowest BCUT2D eigenvalue weighted by molar-refractivity contribution is 0.0920. The molecule has 2 heterocycles. The van der Waals surface area contributed by atoms with Crippen LogP contribution in [0.3, 0.4) is 0 Å². The lowest BCUT2D eigenvalue weighted by Gasteiger charge is -2.27. The average molecular weight is 508 g/mol. The Bertz CT molecular complexity index is 1490. The first-order valence-electron chi connectivity index (χ1n) is 11.4. The molecule has 0 unspecified atom stereocenters. The number of fused-ring (bicyclic) bond motifs is 2. The number of nitrogens with one attached hydrogen (secondary N) is 1. The zero-order valence-corrected chi connectivity index (χ0v) is 20.7. The van der Waals surface area contributed by atoms with Crippen molar-refractivity contribution in [3.8, 4) is 16.9 Å². The van der Waals surface area contributed by atoms with E-state index in [1.165, 1.54) is 0 Å². The summed E-state index contributed by atoms with van der Waals surface area (Å²) in [4.78, 5) is 26.8. The van der Waals surface area contributed by atoms with E-state index in [1.54, 1.807) is 18.2 Å². The summed E-state index contributed by atoms with van der Waals surface area (Å²) in [5.74, 6) is 0.174. The number of benzene rings is 3. The van der Waals surface area contributed by atoms with Crippen molar-refractivity contribution in [2.45, 2.75) is 32.2 Å². The third kappa shape index (κ3) is 4.42.